The molecular formula is C13H10ClFN6. The van der Waals surface area contributed by atoms with Gasteiger partial charge in [0.05, 0.1) is 0 Å². The molecular weight excluding hydrogens is 295 g/mol. The third kappa shape index (κ3) is 2.82. The number of aromatic nitrogens is 5. The Morgan fingerprint density at radius 2 is 2.05 bits per heavy atom. The van der Waals surface area contributed by atoms with E-state index in [1.54, 1.807) is 31.6 Å². The summed E-state index contributed by atoms with van der Waals surface area (Å²) in [5.74, 6) is 0.534. The number of hydrogen-bond acceptors (Lipinski definition) is 5. The summed E-state index contributed by atoms with van der Waals surface area (Å²) in [5.41, 5.74) is 0.465. The highest BCUT2D eigenvalue weighted by Crippen LogP contribution is 2.22. The van der Waals surface area contributed by atoms with Crippen LogP contribution in [0.25, 0.3) is 17.3 Å². The zero-order chi connectivity index (χ0) is 14.8. The van der Waals surface area contributed by atoms with Gasteiger partial charge < -0.3 is 5.32 Å². The lowest BCUT2D eigenvalue weighted by molar-refractivity contribution is 0.628. The quantitative estimate of drug-likeness (QED) is 0.805. The average molecular weight is 305 g/mol. The third-order valence-corrected chi connectivity index (χ3v) is 2.90. The predicted octanol–water partition coefficient (Wildman–Crippen LogP) is 2.56. The maximum atomic E-state index is 13.5. The maximum absolute atomic E-state index is 13.5. The van der Waals surface area contributed by atoms with E-state index in [1.165, 1.54) is 16.8 Å². The van der Waals surface area contributed by atoms with Gasteiger partial charge in [-0.3, -0.25) is 0 Å². The molecule has 0 radical (unpaired) electrons. The molecule has 0 aliphatic carbocycles. The lowest BCUT2D eigenvalue weighted by Crippen LogP contribution is -2.08. The Morgan fingerprint density at radius 3 is 2.71 bits per heavy atom. The molecule has 0 atom stereocenters. The van der Waals surface area contributed by atoms with Crippen molar-refractivity contribution in [1.29, 1.82) is 0 Å². The lowest BCUT2D eigenvalue weighted by Gasteiger charge is -2.07. The Bertz CT molecular complexity index is 754. The van der Waals surface area contributed by atoms with Crippen LogP contribution < -0.4 is 5.32 Å². The minimum atomic E-state index is -0.454. The monoisotopic (exact) mass is 304 g/mol. The van der Waals surface area contributed by atoms with Crippen LogP contribution in [-0.4, -0.2) is 31.8 Å². The highest BCUT2D eigenvalue weighted by Gasteiger charge is 2.11. The number of anilines is 1. The molecule has 3 aromatic rings. The van der Waals surface area contributed by atoms with E-state index in [0.29, 0.717) is 23.3 Å². The van der Waals surface area contributed by atoms with Gasteiger partial charge in [0, 0.05) is 30.0 Å². The number of nitrogens with zero attached hydrogens (tertiary/aromatic N) is 5. The molecule has 0 saturated carbocycles. The molecule has 1 N–H and O–H groups in total. The second-order valence-electron chi connectivity index (χ2n) is 4.14. The Hall–Kier alpha value is -2.54. The summed E-state index contributed by atoms with van der Waals surface area (Å²) >= 11 is 5.87. The lowest BCUT2D eigenvalue weighted by atomic mass is 10.2. The van der Waals surface area contributed by atoms with Crippen LogP contribution in [-0.2, 0) is 0 Å². The second-order valence-corrected chi connectivity index (χ2v) is 4.58. The summed E-state index contributed by atoms with van der Waals surface area (Å²) in [6.07, 6.45) is 3.32. The topological polar surface area (TPSA) is 68.5 Å². The van der Waals surface area contributed by atoms with E-state index in [1.807, 2.05) is 0 Å². The van der Waals surface area contributed by atoms with Gasteiger partial charge in [0.25, 0.3) is 5.95 Å². The van der Waals surface area contributed by atoms with Crippen LogP contribution in [0.4, 0.5) is 10.3 Å². The van der Waals surface area contributed by atoms with Gasteiger partial charge in [0.2, 0.25) is 5.95 Å². The van der Waals surface area contributed by atoms with Gasteiger partial charge in [-0.15, -0.1) is 0 Å². The largest absolute Gasteiger partial charge is 0.357 e. The first-order chi connectivity index (χ1) is 10.2. The highest BCUT2D eigenvalue weighted by molar-refractivity contribution is 6.30. The van der Waals surface area contributed by atoms with Gasteiger partial charge in [-0.1, -0.05) is 11.6 Å². The minimum Gasteiger partial charge on any atom is -0.357 e. The smallest absolute Gasteiger partial charge is 0.255 e. The highest BCUT2D eigenvalue weighted by atomic mass is 35.5. The fraction of sp³-hybridized carbons (Fsp3) is 0.0769. The first-order valence-corrected chi connectivity index (χ1v) is 6.44. The van der Waals surface area contributed by atoms with E-state index in [-0.39, 0.29) is 5.02 Å². The van der Waals surface area contributed by atoms with Crippen molar-refractivity contribution in [2.75, 3.05) is 12.4 Å². The molecule has 21 heavy (non-hydrogen) atoms. The van der Waals surface area contributed by atoms with Crippen molar-refractivity contribution in [3.8, 4) is 17.3 Å². The molecule has 0 fully saturated rings. The molecule has 8 heteroatoms. The summed E-state index contributed by atoms with van der Waals surface area (Å²) in [5, 5.41) is 7.18. The van der Waals surface area contributed by atoms with Gasteiger partial charge in [-0.2, -0.15) is 20.1 Å². The van der Waals surface area contributed by atoms with E-state index in [0.717, 1.165) is 0 Å². The maximum Gasteiger partial charge on any atom is 0.255 e. The summed E-state index contributed by atoms with van der Waals surface area (Å²) < 4.78 is 15.0. The van der Waals surface area contributed by atoms with Crippen LogP contribution >= 0.6 is 11.6 Å². The molecule has 0 unspecified atom stereocenters. The zero-order valence-corrected chi connectivity index (χ0v) is 11.7. The van der Waals surface area contributed by atoms with E-state index in [2.05, 4.69) is 25.4 Å². The number of halogens is 2. The Morgan fingerprint density at radius 1 is 1.19 bits per heavy atom. The van der Waals surface area contributed by atoms with Crippen LogP contribution in [0.1, 0.15) is 0 Å². The summed E-state index contributed by atoms with van der Waals surface area (Å²) in [7, 11) is 1.69. The van der Waals surface area contributed by atoms with Crippen LogP contribution in [0.3, 0.4) is 0 Å². The first-order valence-electron chi connectivity index (χ1n) is 6.06. The molecule has 2 aromatic heterocycles. The normalized spacial score (nSPS) is 10.6. The fourth-order valence-electron chi connectivity index (χ4n) is 1.78. The van der Waals surface area contributed by atoms with Crippen molar-refractivity contribution in [3.63, 3.8) is 0 Å². The molecule has 0 spiro atoms. The number of rotatable bonds is 3. The van der Waals surface area contributed by atoms with Gasteiger partial charge in [0.15, 0.2) is 5.82 Å². The molecule has 3 rings (SSSR count). The van der Waals surface area contributed by atoms with E-state index in [4.69, 9.17) is 11.6 Å². The Kier molecular flexibility index (Phi) is 3.49. The molecule has 0 amide bonds. The van der Waals surface area contributed by atoms with Crippen molar-refractivity contribution < 1.29 is 4.39 Å². The van der Waals surface area contributed by atoms with Gasteiger partial charge >= 0.3 is 0 Å². The average Bonchev–Trinajstić information content (AvgIpc) is 3.00. The minimum absolute atomic E-state index is 0.275. The van der Waals surface area contributed by atoms with Crippen LogP contribution in [0.2, 0.25) is 5.02 Å². The standard InChI is InChI=1S/C13H10ClFN6/c1-16-12-18-11(8-5-9(14)7-10(15)6-8)19-13(20-12)21-4-2-3-17-21/h2-7H,1H3,(H,16,18,19,20). The molecule has 1 aromatic carbocycles. The van der Waals surface area contributed by atoms with Gasteiger partial charge in [-0.05, 0) is 24.3 Å². The second kappa shape index (κ2) is 5.45. The molecule has 0 aliphatic heterocycles. The molecule has 6 nitrogen and oxygen atoms in total. The van der Waals surface area contributed by atoms with Crippen LogP contribution in [0, 0.1) is 5.82 Å². The van der Waals surface area contributed by atoms with Gasteiger partial charge in [0.1, 0.15) is 5.82 Å². The van der Waals surface area contributed by atoms with Crippen molar-refractivity contribution in [1.82, 2.24) is 24.7 Å². The third-order valence-electron chi connectivity index (χ3n) is 2.68. The fourth-order valence-corrected chi connectivity index (χ4v) is 2.00. The van der Waals surface area contributed by atoms with Gasteiger partial charge in [-0.25, -0.2) is 9.07 Å². The number of hydrogen-bond donors (Lipinski definition) is 1. The van der Waals surface area contributed by atoms with Crippen LogP contribution in [0.5, 0.6) is 0 Å². The first kappa shape index (κ1) is 13.4. The molecule has 2 heterocycles. The number of nitrogens with one attached hydrogen (secondary N) is 1. The summed E-state index contributed by atoms with van der Waals surface area (Å²) in [6, 6.07) is 5.88. The molecule has 0 saturated heterocycles. The van der Waals surface area contributed by atoms with Crippen LogP contribution in [0.15, 0.2) is 36.7 Å². The molecule has 0 aliphatic rings. The Balaban J connectivity index is 2.15. The van der Waals surface area contributed by atoms with Crippen molar-refractivity contribution >= 4 is 17.5 Å². The molecule has 0 bridgehead atoms. The molecule has 106 valence electrons. The van der Waals surface area contributed by atoms with Crippen molar-refractivity contribution in [2.24, 2.45) is 0 Å². The number of benzene rings is 1. The predicted molar refractivity (Wildman–Crippen MR) is 76.9 cm³/mol. The van der Waals surface area contributed by atoms with Crippen molar-refractivity contribution in [3.05, 3.63) is 47.5 Å². The van der Waals surface area contributed by atoms with E-state index in [9.17, 15) is 4.39 Å². The van der Waals surface area contributed by atoms with Crippen molar-refractivity contribution in [2.45, 2.75) is 0 Å². The zero-order valence-electron chi connectivity index (χ0n) is 11.0. The van der Waals surface area contributed by atoms with E-state index >= 15 is 0 Å². The summed E-state index contributed by atoms with van der Waals surface area (Å²) in [4.78, 5) is 12.7. The summed E-state index contributed by atoms with van der Waals surface area (Å²) in [6.45, 7) is 0. The van der Waals surface area contributed by atoms with E-state index < -0.39 is 5.82 Å². The Labute approximate surface area is 124 Å². The SMILES string of the molecule is CNc1nc(-c2cc(F)cc(Cl)c2)nc(-n2cccn2)n1.